The van der Waals surface area contributed by atoms with E-state index in [0.717, 1.165) is 12.3 Å². The van der Waals surface area contributed by atoms with Gasteiger partial charge in [0.25, 0.3) is 0 Å². The molecule has 2 unspecified atom stereocenters. The number of thiophene rings is 1. The van der Waals surface area contributed by atoms with Gasteiger partial charge in [0.2, 0.25) is 0 Å². The van der Waals surface area contributed by atoms with E-state index in [1.165, 1.54) is 30.6 Å². The van der Waals surface area contributed by atoms with Crippen molar-refractivity contribution in [3.63, 3.8) is 0 Å². The lowest BCUT2D eigenvalue weighted by atomic mass is 9.95. The molecule has 0 aromatic carbocycles. The Morgan fingerprint density at radius 3 is 2.88 bits per heavy atom. The van der Waals surface area contributed by atoms with E-state index in [9.17, 15) is 0 Å². The largest absolute Gasteiger partial charge is 0.306 e. The molecule has 1 nitrogen and oxygen atoms in total. The van der Waals surface area contributed by atoms with Crippen molar-refractivity contribution >= 4 is 11.3 Å². The maximum atomic E-state index is 3.83. The highest BCUT2D eigenvalue weighted by Gasteiger charge is 2.27. The molecule has 1 aliphatic carbocycles. The van der Waals surface area contributed by atoms with Gasteiger partial charge in [-0.15, -0.1) is 17.9 Å². The second-order valence-corrected chi connectivity index (χ2v) is 6.11. The Bertz CT molecular complexity index is 325. The fourth-order valence-corrected chi connectivity index (χ4v) is 3.71. The minimum absolute atomic E-state index is 0.528. The number of hydrogen-bond donors (Lipinski definition) is 1. The van der Waals surface area contributed by atoms with E-state index in [-0.39, 0.29) is 0 Å². The van der Waals surface area contributed by atoms with Crippen molar-refractivity contribution in [1.29, 1.82) is 0 Å². The van der Waals surface area contributed by atoms with E-state index in [1.807, 2.05) is 17.4 Å². The Balaban J connectivity index is 2.04. The average Bonchev–Trinajstić information content (AvgIpc) is 3.00. The summed E-state index contributed by atoms with van der Waals surface area (Å²) in [5, 5.41) is 5.99. The summed E-state index contributed by atoms with van der Waals surface area (Å²) in [5.41, 5.74) is 0. The third-order valence-electron chi connectivity index (χ3n) is 3.71. The molecule has 2 rings (SSSR count). The first-order valence-corrected chi connectivity index (χ1v) is 7.59. The molecule has 1 aromatic heterocycles. The monoisotopic (exact) mass is 249 g/mol. The van der Waals surface area contributed by atoms with Crippen LogP contribution in [0.15, 0.2) is 30.2 Å². The normalized spacial score (nSPS) is 20.3. The van der Waals surface area contributed by atoms with Crippen LogP contribution in [0.3, 0.4) is 0 Å². The highest BCUT2D eigenvalue weighted by atomic mass is 32.1. The molecule has 0 saturated heterocycles. The number of rotatable bonds is 6. The lowest BCUT2D eigenvalue weighted by Gasteiger charge is -2.27. The van der Waals surface area contributed by atoms with E-state index in [1.54, 1.807) is 0 Å². The summed E-state index contributed by atoms with van der Waals surface area (Å²) in [7, 11) is 0. The minimum atomic E-state index is 0.528. The smallest absolute Gasteiger partial charge is 0.0445 e. The van der Waals surface area contributed by atoms with Crippen LogP contribution in [0.5, 0.6) is 0 Å². The van der Waals surface area contributed by atoms with E-state index in [2.05, 4.69) is 36.3 Å². The van der Waals surface area contributed by atoms with Gasteiger partial charge in [0.1, 0.15) is 0 Å². The molecule has 0 spiro atoms. The molecule has 17 heavy (non-hydrogen) atoms. The zero-order chi connectivity index (χ0) is 12.1. The number of hydrogen-bond acceptors (Lipinski definition) is 2. The van der Waals surface area contributed by atoms with E-state index in [0.29, 0.717) is 12.1 Å². The lowest BCUT2D eigenvalue weighted by Crippen LogP contribution is -2.33. The van der Waals surface area contributed by atoms with Gasteiger partial charge >= 0.3 is 0 Å². The van der Waals surface area contributed by atoms with Crippen molar-refractivity contribution in [3.8, 4) is 0 Å². The zero-order valence-electron chi connectivity index (χ0n) is 10.7. The lowest BCUT2D eigenvalue weighted by molar-refractivity contribution is 0.340. The maximum Gasteiger partial charge on any atom is 0.0445 e. The standard InChI is InChI=1S/C15H23NS/c1-3-7-12(2)16-15(13-8-4-5-9-13)14-10-6-11-17-14/h3,6,10-13,15-16H,1,4-5,7-9H2,2H3. The molecule has 1 saturated carbocycles. The molecular weight excluding hydrogens is 226 g/mol. The first-order valence-electron chi connectivity index (χ1n) is 6.71. The van der Waals surface area contributed by atoms with Gasteiger partial charge in [-0.2, -0.15) is 0 Å². The van der Waals surface area contributed by atoms with E-state index < -0.39 is 0 Å². The topological polar surface area (TPSA) is 12.0 Å². The summed E-state index contributed by atoms with van der Waals surface area (Å²) in [5.74, 6) is 0.834. The minimum Gasteiger partial charge on any atom is -0.306 e. The molecule has 94 valence electrons. The van der Waals surface area contributed by atoms with Crippen LogP contribution in [0.25, 0.3) is 0 Å². The second kappa shape index (κ2) is 6.36. The summed E-state index contributed by atoms with van der Waals surface area (Å²) >= 11 is 1.89. The Morgan fingerprint density at radius 1 is 1.53 bits per heavy atom. The van der Waals surface area contributed by atoms with Crippen LogP contribution in [-0.2, 0) is 0 Å². The molecule has 0 radical (unpaired) electrons. The Hall–Kier alpha value is -0.600. The van der Waals surface area contributed by atoms with Crippen LogP contribution in [0.2, 0.25) is 0 Å². The van der Waals surface area contributed by atoms with Gasteiger partial charge in [-0.25, -0.2) is 0 Å². The first-order chi connectivity index (χ1) is 8.31. The highest BCUT2D eigenvalue weighted by molar-refractivity contribution is 7.10. The van der Waals surface area contributed by atoms with E-state index in [4.69, 9.17) is 0 Å². The summed E-state index contributed by atoms with van der Waals surface area (Å²) in [6.07, 6.45) is 8.65. The molecule has 1 N–H and O–H groups in total. The van der Waals surface area contributed by atoms with Gasteiger partial charge in [0.05, 0.1) is 0 Å². The molecule has 0 bridgehead atoms. The van der Waals surface area contributed by atoms with Crippen molar-refractivity contribution < 1.29 is 0 Å². The van der Waals surface area contributed by atoms with Gasteiger partial charge < -0.3 is 5.32 Å². The fraction of sp³-hybridized carbons (Fsp3) is 0.600. The Kier molecular flexibility index (Phi) is 4.81. The molecule has 1 aliphatic rings. The Labute approximate surface area is 109 Å². The van der Waals surface area contributed by atoms with Crippen molar-refractivity contribution in [1.82, 2.24) is 5.32 Å². The van der Waals surface area contributed by atoms with Gasteiger partial charge in [-0.1, -0.05) is 25.0 Å². The van der Waals surface area contributed by atoms with Crippen molar-refractivity contribution in [3.05, 3.63) is 35.0 Å². The third kappa shape index (κ3) is 3.43. The van der Waals surface area contributed by atoms with Crippen LogP contribution in [0, 0.1) is 5.92 Å². The number of nitrogens with one attached hydrogen (secondary N) is 1. The van der Waals surface area contributed by atoms with Crippen molar-refractivity contribution in [2.45, 2.75) is 51.1 Å². The second-order valence-electron chi connectivity index (χ2n) is 5.13. The molecule has 1 heterocycles. The van der Waals surface area contributed by atoms with Crippen LogP contribution in [0.4, 0.5) is 0 Å². The van der Waals surface area contributed by atoms with Crippen LogP contribution in [-0.4, -0.2) is 6.04 Å². The Morgan fingerprint density at radius 2 is 2.29 bits per heavy atom. The third-order valence-corrected chi connectivity index (χ3v) is 4.66. The first kappa shape index (κ1) is 12.8. The summed E-state index contributed by atoms with van der Waals surface area (Å²) in [6, 6.07) is 5.54. The zero-order valence-corrected chi connectivity index (χ0v) is 11.5. The molecule has 0 aliphatic heterocycles. The predicted molar refractivity (Wildman–Crippen MR) is 76.4 cm³/mol. The maximum absolute atomic E-state index is 3.83. The van der Waals surface area contributed by atoms with E-state index >= 15 is 0 Å². The molecule has 2 atom stereocenters. The van der Waals surface area contributed by atoms with Gasteiger partial charge in [-0.05, 0) is 43.6 Å². The predicted octanol–water partition coefficient (Wildman–Crippen LogP) is 4.53. The SMILES string of the molecule is C=CCC(C)NC(c1cccs1)C1CCCC1. The summed E-state index contributed by atoms with van der Waals surface area (Å²) in [4.78, 5) is 1.51. The van der Waals surface area contributed by atoms with Crippen LogP contribution >= 0.6 is 11.3 Å². The molecule has 0 amide bonds. The van der Waals surface area contributed by atoms with Crippen LogP contribution in [0.1, 0.15) is 49.9 Å². The molecule has 1 aromatic rings. The fourth-order valence-electron chi connectivity index (χ4n) is 2.83. The summed E-state index contributed by atoms with van der Waals surface area (Å²) in [6.45, 7) is 6.09. The molecule has 1 fully saturated rings. The molecular formula is C15H23NS. The summed E-state index contributed by atoms with van der Waals surface area (Å²) < 4.78 is 0. The van der Waals surface area contributed by atoms with Gasteiger partial charge in [-0.3, -0.25) is 0 Å². The van der Waals surface area contributed by atoms with Gasteiger partial charge in [0.15, 0.2) is 0 Å². The van der Waals surface area contributed by atoms with Gasteiger partial charge in [0, 0.05) is 17.0 Å². The highest BCUT2D eigenvalue weighted by Crippen LogP contribution is 2.37. The quantitative estimate of drug-likeness (QED) is 0.730. The molecule has 2 heteroatoms. The van der Waals surface area contributed by atoms with Crippen molar-refractivity contribution in [2.24, 2.45) is 5.92 Å². The van der Waals surface area contributed by atoms with Crippen molar-refractivity contribution in [2.75, 3.05) is 0 Å². The van der Waals surface area contributed by atoms with Crippen LogP contribution < -0.4 is 5.32 Å². The average molecular weight is 249 g/mol.